The Balaban J connectivity index is 1.62. The van der Waals surface area contributed by atoms with Gasteiger partial charge in [0, 0.05) is 30.9 Å². The molecule has 1 aliphatic carbocycles. The van der Waals surface area contributed by atoms with E-state index in [0.29, 0.717) is 18.9 Å². The molecule has 2 fully saturated rings. The first-order valence-electron chi connectivity index (χ1n) is 12.8. The van der Waals surface area contributed by atoms with Gasteiger partial charge in [-0.1, -0.05) is 56.7 Å². The van der Waals surface area contributed by atoms with Crippen LogP contribution in [-0.4, -0.2) is 34.2 Å². The van der Waals surface area contributed by atoms with Gasteiger partial charge in [0.05, 0.1) is 17.1 Å². The molecule has 2 aliphatic rings. The molecule has 2 atom stereocenters. The van der Waals surface area contributed by atoms with Gasteiger partial charge in [-0.2, -0.15) is 5.10 Å². The molecule has 2 amide bonds. The van der Waals surface area contributed by atoms with Crippen LogP contribution < -0.4 is 16.4 Å². The molecule has 0 bridgehead atoms. The summed E-state index contributed by atoms with van der Waals surface area (Å²) < 4.78 is 1.94. The summed E-state index contributed by atoms with van der Waals surface area (Å²) in [7, 11) is 1.97. The Morgan fingerprint density at radius 1 is 1.12 bits per heavy atom. The van der Waals surface area contributed by atoms with Crippen LogP contribution in [0.25, 0.3) is 10.9 Å². The van der Waals surface area contributed by atoms with Crippen LogP contribution in [0, 0.1) is 0 Å². The molecule has 1 aliphatic heterocycles. The van der Waals surface area contributed by atoms with Crippen molar-refractivity contribution in [2.24, 2.45) is 12.8 Å². The second kappa shape index (κ2) is 11.3. The number of nitrogens with two attached hydrogens (primary N) is 1. The number of amides is 2. The highest BCUT2D eigenvalue weighted by molar-refractivity contribution is 6.02. The molecule has 7 heteroatoms. The summed E-state index contributed by atoms with van der Waals surface area (Å²) >= 11 is 0. The van der Waals surface area contributed by atoms with E-state index < -0.39 is 0 Å². The number of nitrogens with one attached hydrogen (secondary N) is 2. The minimum absolute atomic E-state index is 0.191. The lowest BCUT2D eigenvalue weighted by atomic mass is 9.90. The van der Waals surface area contributed by atoms with E-state index in [1.165, 1.54) is 56.9 Å². The van der Waals surface area contributed by atoms with E-state index in [1.807, 2.05) is 11.7 Å². The van der Waals surface area contributed by atoms with Crippen LogP contribution >= 0.6 is 0 Å². The highest BCUT2D eigenvalue weighted by Gasteiger charge is 2.32. The topological polar surface area (TPSA) is 102 Å². The summed E-state index contributed by atoms with van der Waals surface area (Å²) in [6.45, 7) is 0.765. The van der Waals surface area contributed by atoms with Gasteiger partial charge in [0.15, 0.2) is 0 Å². The third-order valence-corrected chi connectivity index (χ3v) is 7.36. The van der Waals surface area contributed by atoms with Gasteiger partial charge >= 0.3 is 0 Å². The number of nitrogens with zero attached hydrogens (tertiary/aromatic N) is 2. The Morgan fingerprint density at radius 3 is 2.67 bits per heavy atom. The van der Waals surface area contributed by atoms with Crippen LogP contribution in [0.2, 0.25) is 0 Å². The molecule has 4 N–H and O–H groups in total. The Hall–Kier alpha value is -2.25. The first kappa shape index (κ1) is 23.9. The molecule has 1 aromatic carbocycles. The highest BCUT2D eigenvalue weighted by atomic mass is 16.2. The fourth-order valence-corrected chi connectivity index (χ4v) is 5.62. The van der Waals surface area contributed by atoms with E-state index in [-0.39, 0.29) is 23.8 Å². The lowest BCUT2D eigenvalue weighted by Gasteiger charge is -2.29. The molecule has 180 valence electrons. The standard InChI is InChI=1S/C26H39N5O2/c1-31-25-19(22(14-7-2-3-8-17-27)28-18-10-5-4-6-11-18)12-9-13-20(25)24(30-31)21-15-16-23(32)29-26(21)33/h9,12-13,18,21-22,28H,2-8,10-11,14-17,27H2,1H3,(H,29,32,33). The Labute approximate surface area is 196 Å². The van der Waals surface area contributed by atoms with Crippen LogP contribution in [0.5, 0.6) is 0 Å². The van der Waals surface area contributed by atoms with Gasteiger partial charge in [0.25, 0.3) is 0 Å². The molecular formula is C26H39N5O2. The van der Waals surface area contributed by atoms with E-state index in [4.69, 9.17) is 10.8 Å². The molecule has 0 spiro atoms. The van der Waals surface area contributed by atoms with Crippen LogP contribution in [0.15, 0.2) is 18.2 Å². The normalized spacial score (nSPS) is 20.8. The number of aromatic nitrogens is 2. The zero-order valence-corrected chi connectivity index (χ0v) is 19.9. The molecule has 1 aromatic heterocycles. The van der Waals surface area contributed by atoms with Gasteiger partial charge in [-0.25, -0.2) is 0 Å². The molecule has 1 saturated carbocycles. The number of hydrogen-bond acceptors (Lipinski definition) is 5. The smallest absolute Gasteiger partial charge is 0.235 e. The first-order chi connectivity index (χ1) is 16.1. The van der Waals surface area contributed by atoms with Gasteiger partial charge in [0.1, 0.15) is 0 Å². The monoisotopic (exact) mass is 453 g/mol. The van der Waals surface area contributed by atoms with Gasteiger partial charge in [-0.15, -0.1) is 0 Å². The maximum atomic E-state index is 12.6. The SMILES string of the molecule is Cn1nc(C2CCC(=O)NC2=O)c2cccc(C(CCCCCCN)NC3CCCCC3)c21. The summed E-state index contributed by atoms with van der Waals surface area (Å²) in [5.41, 5.74) is 8.84. The third-order valence-electron chi connectivity index (χ3n) is 7.36. The molecule has 0 radical (unpaired) electrons. The number of piperidine rings is 1. The Kier molecular flexibility index (Phi) is 8.15. The van der Waals surface area contributed by atoms with Crippen molar-refractivity contribution >= 4 is 22.7 Å². The summed E-state index contributed by atoms with van der Waals surface area (Å²) in [5, 5.41) is 12.3. The number of rotatable bonds is 10. The van der Waals surface area contributed by atoms with E-state index in [1.54, 1.807) is 0 Å². The fraction of sp³-hybridized carbons (Fsp3) is 0.654. The molecule has 2 aromatic rings. The fourth-order valence-electron chi connectivity index (χ4n) is 5.62. The Bertz CT molecular complexity index is 963. The van der Waals surface area contributed by atoms with Crippen molar-refractivity contribution in [3.63, 3.8) is 0 Å². The van der Waals surface area contributed by atoms with Crippen molar-refractivity contribution < 1.29 is 9.59 Å². The molecule has 2 heterocycles. The van der Waals surface area contributed by atoms with E-state index in [2.05, 4.69) is 28.8 Å². The summed E-state index contributed by atoms with van der Waals surface area (Å²) in [6.07, 6.45) is 13.0. The van der Waals surface area contributed by atoms with Crippen molar-refractivity contribution in [2.45, 2.75) is 95.1 Å². The quantitative estimate of drug-likeness (QED) is 0.373. The van der Waals surface area contributed by atoms with Gasteiger partial charge in [0.2, 0.25) is 11.8 Å². The van der Waals surface area contributed by atoms with Crippen molar-refractivity contribution in [3.05, 3.63) is 29.5 Å². The minimum atomic E-state index is -0.373. The van der Waals surface area contributed by atoms with Crippen LogP contribution in [0.4, 0.5) is 0 Å². The van der Waals surface area contributed by atoms with Gasteiger partial charge in [-0.3, -0.25) is 19.6 Å². The van der Waals surface area contributed by atoms with Crippen molar-refractivity contribution in [1.29, 1.82) is 0 Å². The van der Waals surface area contributed by atoms with Crippen molar-refractivity contribution in [1.82, 2.24) is 20.4 Å². The second-order valence-electron chi connectivity index (χ2n) is 9.80. The highest BCUT2D eigenvalue weighted by Crippen LogP contribution is 2.35. The molecule has 2 unspecified atom stereocenters. The van der Waals surface area contributed by atoms with Gasteiger partial charge in [-0.05, 0) is 44.2 Å². The molecular weight excluding hydrogens is 414 g/mol. The largest absolute Gasteiger partial charge is 0.330 e. The van der Waals surface area contributed by atoms with Crippen molar-refractivity contribution in [2.75, 3.05) is 6.54 Å². The maximum Gasteiger partial charge on any atom is 0.235 e. The zero-order valence-electron chi connectivity index (χ0n) is 19.9. The van der Waals surface area contributed by atoms with Gasteiger partial charge < -0.3 is 11.1 Å². The first-order valence-corrected chi connectivity index (χ1v) is 12.8. The average molecular weight is 454 g/mol. The zero-order chi connectivity index (χ0) is 23.2. The number of para-hydroxylation sites is 1. The van der Waals surface area contributed by atoms with E-state index in [9.17, 15) is 9.59 Å². The number of unbranched alkanes of at least 4 members (excludes halogenated alkanes) is 3. The third kappa shape index (κ3) is 5.64. The van der Waals surface area contributed by atoms with E-state index in [0.717, 1.165) is 36.0 Å². The Morgan fingerprint density at radius 2 is 1.91 bits per heavy atom. The lowest BCUT2D eigenvalue weighted by Crippen LogP contribution is -2.39. The number of aryl methyl sites for hydroxylation is 1. The number of carbonyl (C=O) groups excluding carboxylic acids is 2. The maximum absolute atomic E-state index is 12.6. The number of fused-ring (bicyclic) bond motifs is 1. The number of imide groups is 1. The molecule has 4 rings (SSSR count). The predicted molar refractivity (Wildman–Crippen MR) is 131 cm³/mol. The summed E-state index contributed by atoms with van der Waals surface area (Å²) in [6, 6.07) is 7.21. The number of hydrogen-bond donors (Lipinski definition) is 3. The number of carbonyl (C=O) groups is 2. The minimum Gasteiger partial charge on any atom is -0.330 e. The van der Waals surface area contributed by atoms with Crippen LogP contribution in [0.1, 0.15) is 100 Å². The molecule has 33 heavy (non-hydrogen) atoms. The van der Waals surface area contributed by atoms with E-state index >= 15 is 0 Å². The number of benzene rings is 1. The van der Waals surface area contributed by atoms with Crippen LogP contribution in [-0.2, 0) is 16.6 Å². The summed E-state index contributed by atoms with van der Waals surface area (Å²) in [5.74, 6) is -0.792. The predicted octanol–water partition coefficient (Wildman–Crippen LogP) is 3.97. The lowest BCUT2D eigenvalue weighted by molar-refractivity contribution is -0.134. The molecule has 1 saturated heterocycles. The average Bonchev–Trinajstić information content (AvgIpc) is 3.15. The van der Waals surface area contributed by atoms with Crippen LogP contribution in [0.3, 0.4) is 0 Å². The molecule has 7 nitrogen and oxygen atoms in total. The summed E-state index contributed by atoms with van der Waals surface area (Å²) in [4.78, 5) is 24.2. The van der Waals surface area contributed by atoms with Crippen molar-refractivity contribution in [3.8, 4) is 0 Å². The second-order valence-corrected chi connectivity index (χ2v) is 9.80.